The maximum atomic E-state index is 11.2. The van der Waals surface area contributed by atoms with Crippen molar-refractivity contribution in [2.45, 2.75) is 81.6 Å². The van der Waals surface area contributed by atoms with Crippen LogP contribution in [0.2, 0.25) is 0 Å². The normalized spacial score (nSPS) is 25.1. The summed E-state index contributed by atoms with van der Waals surface area (Å²) in [5.41, 5.74) is 1.95. The van der Waals surface area contributed by atoms with Gasteiger partial charge in [0, 0.05) is 23.1 Å². The number of halogens is 1. The molecule has 5 heteroatoms. The number of methoxy groups -OCH3 is 1. The largest absolute Gasteiger partial charge is 0.469 e. The van der Waals surface area contributed by atoms with Crippen molar-refractivity contribution in [1.29, 1.82) is 0 Å². The third kappa shape index (κ3) is 5.95. The lowest BCUT2D eigenvalue weighted by molar-refractivity contribution is -0.140. The minimum Gasteiger partial charge on any atom is -0.469 e. The molecule has 2 rings (SSSR count). The molecule has 4 nitrogen and oxygen atoms in total. The van der Waals surface area contributed by atoms with Gasteiger partial charge in [0.25, 0.3) is 0 Å². The summed E-state index contributed by atoms with van der Waals surface area (Å²) < 4.78 is 4.67. The number of unbranched alkanes of at least 4 members (excludes halogenated alkanes) is 3. The molecular weight excluding hydrogens is 376 g/mol. The summed E-state index contributed by atoms with van der Waals surface area (Å²) in [4.78, 5) is 11.2. The van der Waals surface area contributed by atoms with Crippen LogP contribution in [0.1, 0.15) is 75.8 Å². The molecule has 1 aliphatic carbocycles. The van der Waals surface area contributed by atoms with Gasteiger partial charge in [0.05, 0.1) is 19.8 Å². The van der Waals surface area contributed by atoms with Crippen LogP contribution in [0.3, 0.4) is 0 Å². The van der Waals surface area contributed by atoms with Crippen molar-refractivity contribution in [1.82, 2.24) is 0 Å². The fourth-order valence-corrected chi connectivity index (χ4v) is 4.71. The molecule has 0 amide bonds. The first-order valence-electron chi connectivity index (χ1n) is 10.4. The zero-order valence-corrected chi connectivity index (χ0v) is 18.1. The molecule has 1 aliphatic rings. The third-order valence-electron chi connectivity index (χ3n) is 6.18. The van der Waals surface area contributed by atoms with Gasteiger partial charge in [0.15, 0.2) is 0 Å². The molecule has 0 aromatic heterocycles. The standard InChI is InChI=1S/C23H35ClO4/c1-23(2,15-25)17-12-10-16(11-13-17)22-18(19(24)14-20(22)26)8-6-4-5-7-9-21(27)28-3/h10-13,18-20,22,25-26H,4-9,14-15H2,1-3H3/t18-,19-,20+,22+/m0/s1. The minimum absolute atomic E-state index is 0.0105. The van der Waals surface area contributed by atoms with Crippen LogP contribution in [0, 0.1) is 5.92 Å². The highest BCUT2D eigenvalue weighted by Gasteiger charge is 2.41. The number of aliphatic hydroxyl groups excluding tert-OH is 2. The van der Waals surface area contributed by atoms with E-state index in [1.165, 1.54) is 7.11 Å². The molecule has 28 heavy (non-hydrogen) atoms. The summed E-state index contributed by atoms with van der Waals surface area (Å²) >= 11 is 6.59. The van der Waals surface area contributed by atoms with Gasteiger partial charge in [-0.25, -0.2) is 0 Å². The van der Waals surface area contributed by atoms with Gasteiger partial charge in [-0.1, -0.05) is 57.4 Å². The number of hydrogen-bond donors (Lipinski definition) is 2. The zero-order chi connectivity index (χ0) is 20.7. The molecule has 0 spiro atoms. The van der Waals surface area contributed by atoms with Gasteiger partial charge in [-0.2, -0.15) is 0 Å². The Hall–Kier alpha value is -1.10. The fourth-order valence-electron chi connectivity index (χ4n) is 4.24. The summed E-state index contributed by atoms with van der Waals surface area (Å²) in [6, 6.07) is 8.28. The molecule has 2 N–H and O–H groups in total. The maximum Gasteiger partial charge on any atom is 0.305 e. The lowest BCUT2D eigenvalue weighted by Gasteiger charge is -2.26. The average molecular weight is 411 g/mol. The van der Waals surface area contributed by atoms with E-state index in [-0.39, 0.29) is 35.2 Å². The van der Waals surface area contributed by atoms with Gasteiger partial charge < -0.3 is 14.9 Å². The van der Waals surface area contributed by atoms with Crippen LogP contribution in [-0.4, -0.2) is 41.4 Å². The molecule has 0 bridgehead atoms. The number of carbonyl (C=O) groups is 1. The Bertz CT molecular complexity index is 614. The second-order valence-corrected chi connectivity index (χ2v) is 9.26. The van der Waals surface area contributed by atoms with Crippen LogP contribution in [0.5, 0.6) is 0 Å². The molecule has 158 valence electrons. The molecule has 0 heterocycles. The van der Waals surface area contributed by atoms with E-state index in [0.717, 1.165) is 43.2 Å². The predicted octanol–water partition coefficient (Wildman–Crippen LogP) is 4.54. The Morgan fingerprint density at radius 1 is 1.18 bits per heavy atom. The summed E-state index contributed by atoms with van der Waals surface area (Å²) in [5.74, 6) is 0.172. The molecule has 1 aromatic rings. The lowest BCUT2D eigenvalue weighted by Crippen LogP contribution is -2.23. The Kier molecular flexibility index (Phi) is 8.79. The van der Waals surface area contributed by atoms with Crippen molar-refractivity contribution in [3.05, 3.63) is 35.4 Å². The van der Waals surface area contributed by atoms with Crippen molar-refractivity contribution in [3.8, 4) is 0 Å². The van der Waals surface area contributed by atoms with E-state index in [1.807, 2.05) is 13.8 Å². The van der Waals surface area contributed by atoms with Gasteiger partial charge in [0.1, 0.15) is 0 Å². The minimum atomic E-state index is -0.413. The molecule has 0 saturated heterocycles. The second-order valence-electron chi connectivity index (χ2n) is 8.70. The summed E-state index contributed by atoms with van der Waals surface area (Å²) in [5, 5.41) is 20.2. The molecular formula is C23H35ClO4. The molecule has 1 aromatic carbocycles. The van der Waals surface area contributed by atoms with Gasteiger partial charge in [0.2, 0.25) is 0 Å². The number of rotatable bonds is 10. The second kappa shape index (κ2) is 10.6. The van der Waals surface area contributed by atoms with Gasteiger partial charge in [-0.05, 0) is 36.3 Å². The number of carbonyl (C=O) groups excluding carboxylic acids is 1. The van der Waals surface area contributed by atoms with Gasteiger partial charge in [-0.15, -0.1) is 11.6 Å². The summed E-state index contributed by atoms with van der Waals surface area (Å²) in [6.45, 7) is 4.13. The summed E-state index contributed by atoms with van der Waals surface area (Å²) in [7, 11) is 1.42. The van der Waals surface area contributed by atoms with Crippen LogP contribution >= 0.6 is 11.6 Å². The number of hydrogen-bond acceptors (Lipinski definition) is 4. The highest BCUT2D eigenvalue weighted by atomic mass is 35.5. The van der Waals surface area contributed by atoms with Crippen LogP contribution in [0.4, 0.5) is 0 Å². The quantitative estimate of drug-likeness (QED) is 0.337. The topological polar surface area (TPSA) is 66.8 Å². The highest BCUT2D eigenvalue weighted by molar-refractivity contribution is 6.21. The Morgan fingerprint density at radius 3 is 2.43 bits per heavy atom. The maximum absolute atomic E-state index is 11.2. The van der Waals surface area contributed by atoms with E-state index in [1.54, 1.807) is 0 Å². The SMILES string of the molecule is COC(=O)CCCCCC[C@@H]1[C@@H](c2ccc(C(C)(C)CO)cc2)[C@H](O)C[C@@H]1Cl. The van der Waals surface area contributed by atoms with E-state index in [4.69, 9.17) is 11.6 Å². The predicted molar refractivity (Wildman–Crippen MR) is 113 cm³/mol. The van der Waals surface area contributed by atoms with Gasteiger partial charge >= 0.3 is 5.97 Å². The first kappa shape index (κ1) is 23.2. The molecule has 1 fully saturated rings. The van der Waals surface area contributed by atoms with E-state index in [9.17, 15) is 15.0 Å². The smallest absolute Gasteiger partial charge is 0.305 e. The molecule has 4 atom stereocenters. The number of aliphatic hydroxyl groups is 2. The number of ether oxygens (including phenoxy) is 1. The van der Waals surface area contributed by atoms with Gasteiger partial charge in [-0.3, -0.25) is 4.79 Å². The first-order valence-corrected chi connectivity index (χ1v) is 10.8. The van der Waals surface area contributed by atoms with Crippen LogP contribution in [0.25, 0.3) is 0 Å². The molecule has 0 aliphatic heterocycles. The first-order chi connectivity index (χ1) is 13.3. The van der Waals surface area contributed by atoms with E-state index < -0.39 is 6.10 Å². The summed E-state index contributed by atoms with van der Waals surface area (Å²) in [6.07, 6.45) is 5.65. The lowest BCUT2D eigenvalue weighted by atomic mass is 9.81. The van der Waals surface area contributed by atoms with E-state index >= 15 is 0 Å². The van der Waals surface area contributed by atoms with Crippen molar-refractivity contribution >= 4 is 17.6 Å². The third-order valence-corrected chi connectivity index (χ3v) is 6.68. The van der Waals surface area contributed by atoms with Crippen LogP contribution in [-0.2, 0) is 14.9 Å². The molecule has 1 saturated carbocycles. The Morgan fingerprint density at radius 2 is 1.82 bits per heavy atom. The van der Waals surface area contributed by atoms with E-state index in [0.29, 0.717) is 12.8 Å². The number of alkyl halides is 1. The van der Waals surface area contributed by atoms with Crippen molar-refractivity contribution in [2.75, 3.05) is 13.7 Å². The van der Waals surface area contributed by atoms with Crippen molar-refractivity contribution in [3.63, 3.8) is 0 Å². The van der Waals surface area contributed by atoms with E-state index in [2.05, 4.69) is 29.0 Å². The molecule has 0 radical (unpaired) electrons. The monoisotopic (exact) mass is 410 g/mol. The fraction of sp³-hybridized carbons (Fsp3) is 0.696. The number of benzene rings is 1. The molecule has 0 unspecified atom stereocenters. The van der Waals surface area contributed by atoms with Crippen molar-refractivity contribution in [2.24, 2.45) is 5.92 Å². The highest BCUT2D eigenvalue weighted by Crippen LogP contribution is 2.45. The zero-order valence-electron chi connectivity index (χ0n) is 17.4. The number of esters is 1. The Labute approximate surface area is 174 Å². The Balaban J connectivity index is 1.93. The van der Waals surface area contributed by atoms with Crippen LogP contribution in [0.15, 0.2) is 24.3 Å². The van der Waals surface area contributed by atoms with Crippen molar-refractivity contribution < 1.29 is 19.7 Å². The average Bonchev–Trinajstić information content (AvgIpc) is 2.97. The van der Waals surface area contributed by atoms with Crippen LogP contribution < -0.4 is 0 Å².